The summed E-state index contributed by atoms with van der Waals surface area (Å²) in [6.07, 6.45) is -14.6. The standard InChI is InChI=1S/C19H32N2O14/c1-6(24)20-11-9(3-19(32,18(30)31)35-16(11)13(27)8(26)4-22)33-17-12(21-7(2)25)15(29)14(28)10(5-23)34-17/h8-17,22-23,26-29,32H,3-5H2,1-2H3,(H,20,24)(H,21,25)(H,30,31)/t8-,9+,10-,11-,12-,13-,14+,15-,16-,17-,19-/m1/s1. The molecule has 0 spiro atoms. The molecule has 202 valence electrons. The van der Waals surface area contributed by atoms with Crippen molar-refractivity contribution in [2.75, 3.05) is 13.2 Å². The molecule has 2 aliphatic rings. The third-order valence-corrected chi connectivity index (χ3v) is 5.75. The SMILES string of the molecule is CC(=O)N[C@H]1[C@H](O[C@H]2C[C@](O)(C(=O)O)O[C@@H]([C@H](O)[C@H](O)CO)[C@@H]2NC(C)=O)O[C@H](CO)[C@H](O)[C@@H]1O. The Morgan fingerprint density at radius 1 is 1.06 bits per heavy atom. The summed E-state index contributed by atoms with van der Waals surface area (Å²) in [5.74, 6) is -6.30. The molecule has 0 aromatic rings. The first-order chi connectivity index (χ1) is 16.2. The van der Waals surface area contributed by atoms with E-state index in [1.165, 1.54) is 0 Å². The highest BCUT2D eigenvalue weighted by Gasteiger charge is 2.56. The summed E-state index contributed by atoms with van der Waals surface area (Å²) in [6, 6.07) is -2.91. The normalized spacial score (nSPS) is 39.3. The number of carbonyl (C=O) groups excluding carboxylic acids is 2. The summed E-state index contributed by atoms with van der Waals surface area (Å²) in [5.41, 5.74) is 0. The predicted octanol–water partition coefficient (Wildman–Crippen LogP) is -5.90. The van der Waals surface area contributed by atoms with E-state index in [0.717, 1.165) is 13.8 Å². The van der Waals surface area contributed by atoms with Crippen LogP contribution in [0, 0.1) is 0 Å². The summed E-state index contributed by atoms with van der Waals surface area (Å²) >= 11 is 0. The van der Waals surface area contributed by atoms with E-state index in [1.54, 1.807) is 0 Å². The molecule has 2 amide bonds. The number of carboxylic acids is 1. The molecule has 11 atom stereocenters. The van der Waals surface area contributed by atoms with Gasteiger partial charge in [-0.25, -0.2) is 4.79 Å². The van der Waals surface area contributed by atoms with Gasteiger partial charge in [-0.2, -0.15) is 0 Å². The van der Waals surface area contributed by atoms with E-state index in [2.05, 4.69) is 10.6 Å². The number of ether oxygens (including phenoxy) is 3. The number of carbonyl (C=O) groups is 3. The minimum absolute atomic E-state index is 0.673. The van der Waals surface area contributed by atoms with Crippen LogP contribution >= 0.6 is 0 Å². The summed E-state index contributed by atoms with van der Waals surface area (Å²) in [6.45, 7) is 0.398. The summed E-state index contributed by atoms with van der Waals surface area (Å²) < 4.78 is 16.3. The van der Waals surface area contributed by atoms with Crippen molar-refractivity contribution in [3.63, 3.8) is 0 Å². The molecular formula is C19H32N2O14. The van der Waals surface area contributed by atoms with Crippen molar-refractivity contribution in [3.05, 3.63) is 0 Å². The fraction of sp³-hybridized carbons (Fsp3) is 0.842. The Labute approximate surface area is 199 Å². The maximum atomic E-state index is 11.9. The predicted molar refractivity (Wildman–Crippen MR) is 109 cm³/mol. The van der Waals surface area contributed by atoms with Crippen molar-refractivity contribution in [2.24, 2.45) is 0 Å². The molecule has 0 radical (unpaired) electrons. The molecule has 16 heteroatoms. The molecule has 0 aromatic carbocycles. The summed E-state index contributed by atoms with van der Waals surface area (Å²) in [7, 11) is 0. The zero-order chi connectivity index (χ0) is 26.7. The van der Waals surface area contributed by atoms with Crippen molar-refractivity contribution >= 4 is 17.8 Å². The van der Waals surface area contributed by atoms with Crippen LogP contribution in [0.5, 0.6) is 0 Å². The Hall–Kier alpha value is -1.99. The van der Waals surface area contributed by atoms with E-state index < -0.39 is 104 Å². The Balaban J connectivity index is 2.48. The highest BCUT2D eigenvalue weighted by atomic mass is 16.7. The highest BCUT2D eigenvalue weighted by Crippen LogP contribution is 2.34. The maximum Gasteiger partial charge on any atom is 0.364 e. The number of aliphatic carboxylic acids is 1. The summed E-state index contributed by atoms with van der Waals surface area (Å²) in [5, 5.41) is 84.4. The molecule has 0 saturated carbocycles. The molecule has 0 aliphatic carbocycles. The van der Waals surface area contributed by atoms with Crippen LogP contribution in [0.3, 0.4) is 0 Å². The molecule has 2 fully saturated rings. The Morgan fingerprint density at radius 2 is 1.63 bits per heavy atom. The van der Waals surface area contributed by atoms with E-state index in [9.17, 15) is 55.2 Å². The minimum atomic E-state index is -3.01. The lowest BCUT2D eigenvalue weighted by atomic mass is 9.88. The molecule has 2 rings (SSSR count). The number of carboxylic acid groups (broad SMARTS) is 1. The Morgan fingerprint density at radius 3 is 2.11 bits per heavy atom. The van der Waals surface area contributed by atoms with E-state index in [-0.39, 0.29) is 0 Å². The average Bonchev–Trinajstić information content (AvgIpc) is 2.78. The first-order valence-corrected chi connectivity index (χ1v) is 10.7. The molecule has 2 saturated heterocycles. The monoisotopic (exact) mass is 512 g/mol. The van der Waals surface area contributed by atoms with Crippen molar-refractivity contribution in [3.8, 4) is 0 Å². The molecule has 0 bridgehead atoms. The molecule has 2 aliphatic heterocycles. The smallest absolute Gasteiger partial charge is 0.364 e. The van der Waals surface area contributed by atoms with Gasteiger partial charge in [0, 0.05) is 20.3 Å². The fourth-order valence-corrected chi connectivity index (χ4v) is 4.01. The van der Waals surface area contributed by atoms with Crippen molar-refractivity contribution in [1.82, 2.24) is 10.6 Å². The Kier molecular flexibility index (Phi) is 9.88. The van der Waals surface area contributed by atoms with Gasteiger partial charge in [0.1, 0.15) is 42.7 Å². The van der Waals surface area contributed by atoms with Crippen molar-refractivity contribution < 1.29 is 69.4 Å². The molecule has 0 unspecified atom stereocenters. The van der Waals surface area contributed by atoms with Crippen LogP contribution in [-0.4, -0.2) is 139 Å². The second kappa shape index (κ2) is 11.8. The topological polar surface area (TPSA) is 265 Å². The van der Waals surface area contributed by atoms with Gasteiger partial charge in [0.2, 0.25) is 11.8 Å². The molecular weight excluding hydrogens is 480 g/mol. The van der Waals surface area contributed by atoms with Crippen LogP contribution in [0.2, 0.25) is 0 Å². The van der Waals surface area contributed by atoms with Gasteiger partial charge in [-0.05, 0) is 0 Å². The average molecular weight is 512 g/mol. The molecule has 0 aromatic heterocycles. The first kappa shape index (κ1) is 29.2. The van der Waals surface area contributed by atoms with Gasteiger partial charge in [0.05, 0.1) is 25.4 Å². The first-order valence-electron chi connectivity index (χ1n) is 10.7. The third kappa shape index (κ3) is 6.62. The summed E-state index contributed by atoms with van der Waals surface area (Å²) in [4.78, 5) is 35.3. The van der Waals surface area contributed by atoms with E-state index in [1.807, 2.05) is 0 Å². The number of nitrogens with one attached hydrogen (secondary N) is 2. The second-order valence-electron chi connectivity index (χ2n) is 8.45. The van der Waals surface area contributed by atoms with E-state index in [0.29, 0.717) is 0 Å². The minimum Gasteiger partial charge on any atom is -0.477 e. The number of aliphatic hydroxyl groups is 7. The van der Waals surface area contributed by atoms with Crippen LogP contribution in [0.1, 0.15) is 20.3 Å². The van der Waals surface area contributed by atoms with E-state index in [4.69, 9.17) is 14.2 Å². The number of aliphatic hydroxyl groups excluding tert-OH is 6. The van der Waals surface area contributed by atoms with Crippen LogP contribution in [-0.2, 0) is 28.6 Å². The number of rotatable bonds is 9. The Bertz CT molecular complexity index is 770. The second-order valence-corrected chi connectivity index (χ2v) is 8.45. The van der Waals surface area contributed by atoms with Gasteiger partial charge in [-0.15, -0.1) is 0 Å². The van der Waals surface area contributed by atoms with E-state index >= 15 is 0 Å². The molecule has 35 heavy (non-hydrogen) atoms. The lowest BCUT2D eigenvalue weighted by Crippen LogP contribution is -2.70. The van der Waals surface area contributed by atoms with Crippen LogP contribution in [0.4, 0.5) is 0 Å². The molecule has 2 heterocycles. The largest absolute Gasteiger partial charge is 0.477 e. The van der Waals surface area contributed by atoms with Gasteiger partial charge < -0.3 is 65.7 Å². The zero-order valence-electron chi connectivity index (χ0n) is 18.9. The van der Waals surface area contributed by atoms with Gasteiger partial charge in [0.15, 0.2) is 6.29 Å². The lowest BCUT2D eigenvalue weighted by Gasteiger charge is -2.49. The van der Waals surface area contributed by atoms with Crippen molar-refractivity contribution in [1.29, 1.82) is 0 Å². The van der Waals surface area contributed by atoms with Crippen LogP contribution in [0.25, 0.3) is 0 Å². The van der Waals surface area contributed by atoms with Crippen molar-refractivity contribution in [2.45, 2.75) is 87.2 Å². The maximum absolute atomic E-state index is 11.9. The quantitative estimate of drug-likeness (QED) is 0.138. The van der Waals surface area contributed by atoms with Crippen LogP contribution < -0.4 is 10.6 Å². The lowest BCUT2D eigenvalue weighted by molar-refractivity contribution is -0.330. The van der Waals surface area contributed by atoms with Gasteiger partial charge in [-0.3, -0.25) is 9.59 Å². The number of amides is 2. The number of hydrogen-bond donors (Lipinski definition) is 10. The van der Waals surface area contributed by atoms with Gasteiger partial charge >= 0.3 is 5.97 Å². The zero-order valence-corrected chi connectivity index (χ0v) is 18.9. The highest BCUT2D eigenvalue weighted by molar-refractivity contribution is 5.76. The van der Waals surface area contributed by atoms with Gasteiger partial charge in [0.25, 0.3) is 5.79 Å². The fourth-order valence-electron chi connectivity index (χ4n) is 4.01. The molecule has 16 nitrogen and oxygen atoms in total. The number of hydrogen-bond acceptors (Lipinski definition) is 13. The van der Waals surface area contributed by atoms with Crippen LogP contribution in [0.15, 0.2) is 0 Å². The molecule has 10 N–H and O–H groups in total. The third-order valence-electron chi connectivity index (χ3n) is 5.75. The van der Waals surface area contributed by atoms with Gasteiger partial charge in [-0.1, -0.05) is 0 Å².